The summed E-state index contributed by atoms with van der Waals surface area (Å²) >= 11 is 1.61. The van der Waals surface area contributed by atoms with Gasteiger partial charge >= 0.3 is 0 Å². The average molecular weight is 449 g/mol. The van der Waals surface area contributed by atoms with Gasteiger partial charge in [-0.3, -0.25) is 19.8 Å². The van der Waals surface area contributed by atoms with E-state index >= 15 is 0 Å². The van der Waals surface area contributed by atoms with E-state index in [1.165, 1.54) is 6.07 Å². The third kappa shape index (κ3) is 3.39. The van der Waals surface area contributed by atoms with Gasteiger partial charge in [-0.05, 0) is 43.4 Å². The predicted molar refractivity (Wildman–Crippen MR) is 124 cm³/mol. The second kappa shape index (κ2) is 7.61. The molecule has 0 bridgehead atoms. The van der Waals surface area contributed by atoms with Crippen LogP contribution in [0.3, 0.4) is 0 Å². The minimum Gasteiger partial charge on any atom is -0.384 e. The van der Waals surface area contributed by atoms with Gasteiger partial charge in [-0.25, -0.2) is 0 Å². The van der Waals surface area contributed by atoms with Gasteiger partial charge in [0.05, 0.1) is 22.5 Å². The quantitative estimate of drug-likeness (QED) is 0.509. The van der Waals surface area contributed by atoms with Crippen LogP contribution in [0.25, 0.3) is 0 Å². The predicted octanol–water partition coefficient (Wildman–Crippen LogP) is 5.21. The number of carbonyl (C=O) groups excluding carboxylic acids is 1. The van der Waals surface area contributed by atoms with E-state index in [2.05, 4.69) is 6.07 Å². The summed E-state index contributed by atoms with van der Waals surface area (Å²) in [6.07, 6.45) is 0.853. The van der Waals surface area contributed by atoms with Gasteiger partial charge in [0.15, 0.2) is 5.78 Å². The van der Waals surface area contributed by atoms with Crippen LogP contribution >= 0.6 is 11.3 Å². The van der Waals surface area contributed by atoms with Crippen molar-refractivity contribution in [1.29, 1.82) is 5.26 Å². The summed E-state index contributed by atoms with van der Waals surface area (Å²) in [5.74, 6) is -0.477. The fourth-order valence-corrected chi connectivity index (χ4v) is 5.80. The summed E-state index contributed by atoms with van der Waals surface area (Å²) in [5.41, 5.74) is 8.68. The number of anilines is 1. The molecule has 0 spiro atoms. The van der Waals surface area contributed by atoms with E-state index < -0.39 is 10.8 Å². The fourth-order valence-electron chi connectivity index (χ4n) is 4.84. The Bertz CT molecular complexity index is 1260. The third-order valence-corrected chi connectivity index (χ3v) is 7.07. The Morgan fingerprint density at radius 3 is 2.56 bits per heavy atom. The molecule has 1 aromatic carbocycles. The number of Topliss-reactive ketones (excluding diaryl/α,β-unsaturated/α-hetero) is 1. The van der Waals surface area contributed by atoms with Crippen molar-refractivity contribution < 1.29 is 9.72 Å². The van der Waals surface area contributed by atoms with Crippen molar-refractivity contribution in [2.45, 2.75) is 46.5 Å². The zero-order valence-electron chi connectivity index (χ0n) is 18.4. The number of nitrogens with zero attached hydrogens (tertiary/aromatic N) is 3. The number of nitriles is 1. The van der Waals surface area contributed by atoms with Crippen LogP contribution in [0.2, 0.25) is 0 Å². The smallest absolute Gasteiger partial charge is 0.293 e. The van der Waals surface area contributed by atoms with E-state index in [0.29, 0.717) is 24.1 Å². The van der Waals surface area contributed by atoms with E-state index in [9.17, 15) is 20.2 Å². The molecule has 164 valence electrons. The Labute approximate surface area is 190 Å². The number of nitro benzene ring substituents is 1. The molecule has 2 N–H and O–H groups in total. The summed E-state index contributed by atoms with van der Waals surface area (Å²) in [4.78, 5) is 28.5. The van der Waals surface area contributed by atoms with Gasteiger partial charge in [0, 0.05) is 33.5 Å². The SMILES string of the molecule is Cc1cc([C@H]2C(C#N)=C(N)N(c3ccccc3[N+](=O)[O-])C3=C2C(=O)CC(C)(C)C3)c(C)s1. The first-order valence-corrected chi connectivity index (χ1v) is 11.1. The molecule has 32 heavy (non-hydrogen) atoms. The molecule has 1 atom stereocenters. The molecular weight excluding hydrogens is 424 g/mol. The van der Waals surface area contributed by atoms with Crippen molar-refractivity contribution in [3.05, 3.63) is 78.4 Å². The first-order chi connectivity index (χ1) is 15.1. The number of hydrogen-bond acceptors (Lipinski definition) is 7. The normalized spacial score (nSPS) is 20.3. The van der Waals surface area contributed by atoms with E-state index in [1.807, 2.05) is 33.8 Å². The summed E-state index contributed by atoms with van der Waals surface area (Å²) in [6, 6.07) is 10.5. The molecule has 1 aromatic heterocycles. The Balaban J connectivity index is 2.06. The van der Waals surface area contributed by atoms with Crippen LogP contribution in [0.15, 0.2) is 53.0 Å². The van der Waals surface area contributed by atoms with Crippen LogP contribution in [0, 0.1) is 40.7 Å². The molecule has 0 radical (unpaired) electrons. The minimum atomic E-state index is -0.567. The number of carbonyl (C=O) groups is 1. The van der Waals surface area contributed by atoms with Crippen LogP contribution in [-0.4, -0.2) is 10.7 Å². The highest BCUT2D eigenvalue weighted by Crippen LogP contribution is 2.52. The Morgan fingerprint density at radius 2 is 1.97 bits per heavy atom. The zero-order chi connectivity index (χ0) is 23.4. The number of allylic oxidation sites excluding steroid dienone is 3. The molecule has 2 aliphatic rings. The lowest BCUT2D eigenvalue weighted by Gasteiger charge is -2.43. The zero-order valence-corrected chi connectivity index (χ0v) is 19.2. The topological polar surface area (TPSA) is 113 Å². The highest BCUT2D eigenvalue weighted by molar-refractivity contribution is 7.12. The van der Waals surface area contributed by atoms with Gasteiger partial charge in [-0.2, -0.15) is 5.26 Å². The van der Waals surface area contributed by atoms with Crippen LogP contribution < -0.4 is 10.6 Å². The monoisotopic (exact) mass is 448 g/mol. The van der Waals surface area contributed by atoms with Crippen molar-refractivity contribution in [3.63, 3.8) is 0 Å². The van der Waals surface area contributed by atoms with E-state index in [1.54, 1.807) is 34.4 Å². The van der Waals surface area contributed by atoms with Crippen LogP contribution in [0.5, 0.6) is 0 Å². The highest BCUT2D eigenvalue weighted by Gasteiger charge is 2.46. The van der Waals surface area contributed by atoms with Crippen molar-refractivity contribution in [3.8, 4) is 6.07 Å². The standard InChI is InChI=1S/C24H24N4O3S/c1-13-9-15(14(2)32-13)21-16(12-25)23(26)27(17-7-5-6-8-18(17)28(30)31)19-10-24(3,4)11-20(29)22(19)21/h5-9,21H,10-11,26H2,1-4H3/t21-/m0/s1. The molecule has 1 aliphatic heterocycles. The molecule has 0 unspecified atom stereocenters. The summed E-state index contributed by atoms with van der Waals surface area (Å²) < 4.78 is 0. The summed E-state index contributed by atoms with van der Waals surface area (Å²) in [7, 11) is 0. The first-order valence-electron chi connectivity index (χ1n) is 10.3. The van der Waals surface area contributed by atoms with Crippen molar-refractivity contribution in [1.82, 2.24) is 0 Å². The van der Waals surface area contributed by atoms with Gasteiger partial charge in [-0.1, -0.05) is 26.0 Å². The summed E-state index contributed by atoms with van der Waals surface area (Å²) in [6.45, 7) is 7.97. The Hall–Kier alpha value is -3.44. The number of aryl methyl sites for hydroxylation is 2. The number of para-hydroxylation sites is 2. The van der Waals surface area contributed by atoms with Crippen LogP contribution in [0.1, 0.15) is 47.9 Å². The van der Waals surface area contributed by atoms with Gasteiger partial charge in [0.1, 0.15) is 11.5 Å². The number of benzene rings is 1. The molecule has 0 amide bonds. The lowest BCUT2D eigenvalue weighted by molar-refractivity contribution is -0.384. The molecule has 2 heterocycles. The van der Waals surface area contributed by atoms with Gasteiger partial charge in [-0.15, -0.1) is 11.3 Å². The average Bonchev–Trinajstić information content (AvgIpc) is 3.04. The number of thiophene rings is 1. The number of nitro groups is 1. The van der Waals surface area contributed by atoms with E-state index in [-0.39, 0.29) is 34.0 Å². The third-order valence-electron chi connectivity index (χ3n) is 6.09. The van der Waals surface area contributed by atoms with Gasteiger partial charge in [0.2, 0.25) is 0 Å². The maximum atomic E-state index is 13.5. The lowest BCUT2D eigenvalue weighted by atomic mass is 9.68. The van der Waals surface area contributed by atoms with Crippen molar-refractivity contribution in [2.75, 3.05) is 4.90 Å². The molecule has 0 saturated carbocycles. The van der Waals surface area contributed by atoms with Crippen molar-refractivity contribution >= 4 is 28.5 Å². The largest absolute Gasteiger partial charge is 0.384 e. The maximum Gasteiger partial charge on any atom is 0.293 e. The number of ketones is 1. The number of nitrogens with two attached hydrogens (primary N) is 1. The highest BCUT2D eigenvalue weighted by atomic mass is 32.1. The lowest BCUT2D eigenvalue weighted by Crippen LogP contribution is -2.42. The first kappa shape index (κ1) is 21.8. The van der Waals surface area contributed by atoms with E-state index in [4.69, 9.17) is 5.73 Å². The van der Waals surface area contributed by atoms with Gasteiger partial charge < -0.3 is 5.73 Å². The molecular formula is C24H24N4O3S. The van der Waals surface area contributed by atoms with E-state index in [0.717, 1.165) is 15.3 Å². The molecule has 7 nitrogen and oxygen atoms in total. The second-order valence-corrected chi connectivity index (χ2v) is 10.6. The Morgan fingerprint density at radius 1 is 1.28 bits per heavy atom. The fraction of sp³-hybridized carbons (Fsp3) is 0.333. The van der Waals surface area contributed by atoms with Gasteiger partial charge in [0.25, 0.3) is 5.69 Å². The maximum absolute atomic E-state index is 13.5. The number of rotatable bonds is 3. The molecule has 2 aromatic rings. The number of hydrogen-bond donors (Lipinski definition) is 1. The molecule has 4 rings (SSSR count). The molecule has 1 aliphatic carbocycles. The molecule has 0 fully saturated rings. The van der Waals surface area contributed by atoms with Crippen molar-refractivity contribution in [2.24, 2.45) is 11.1 Å². The molecule has 0 saturated heterocycles. The summed E-state index contributed by atoms with van der Waals surface area (Å²) in [5, 5.41) is 21.9. The van der Waals surface area contributed by atoms with Crippen LogP contribution in [0.4, 0.5) is 11.4 Å². The second-order valence-electron chi connectivity index (χ2n) is 9.09. The minimum absolute atomic E-state index is 0.0478. The van der Waals surface area contributed by atoms with Crippen LogP contribution in [-0.2, 0) is 4.79 Å². The molecule has 8 heteroatoms. The Kier molecular flexibility index (Phi) is 5.18.